The van der Waals surface area contributed by atoms with Gasteiger partial charge in [0.2, 0.25) is 0 Å². The Balaban J connectivity index is 1.95. The van der Waals surface area contributed by atoms with E-state index in [2.05, 4.69) is 10.6 Å². The zero-order valence-electron chi connectivity index (χ0n) is 15.2. The van der Waals surface area contributed by atoms with Crippen molar-refractivity contribution >= 4 is 22.9 Å². The maximum Gasteiger partial charge on any atom is 0.404 e. The van der Waals surface area contributed by atoms with E-state index in [1.807, 2.05) is 6.92 Å². The van der Waals surface area contributed by atoms with E-state index in [0.717, 1.165) is 23.9 Å². The summed E-state index contributed by atoms with van der Waals surface area (Å²) in [5.74, 6) is -0.345. The number of rotatable bonds is 3. The molecule has 3 rings (SSSR count). The van der Waals surface area contributed by atoms with Crippen molar-refractivity contribution in [3.8, 4) is 0 Å². The van der Waals surface area contributed by atoms with Crippen LogP contribution in [0.4, 0.5) is 4.79 Å². The number of aromatic nitrogens is 2. The number of carboxylic acid groups (broad SMARTS) is 1. The van der Waals surface area contributed by atoms with E-state index < -0.39 is 6.09 Å². The first-order valence-electron chi connectivity index (χ1n) is 8.75. The van der Waals surface area contributed by atoms with Crippen LogP contribution in [0.5, 0.6) is 0 Å². The number of nitrogens with zero attached hydrogens (tertiary/aromatic N) is 2. The van der Waals surface area contributed by atoms with E-state index in [1.54, 1.807) is 31.1 Å². The van der Waals surface area contributed by atoms with E-state index in [9.17, 15) is 14.4 Å². The molecule has 2 aromatic rings. The Morgan fingerprint density at radius 1 is 1.08 bits per heavy atom. The van der Waals surface area contributed by atoms with Gasteiger partial charge in [-0.2, -0.15) is 0 Å². The zero-order valence-corrected chi connectivity index (χ0v) is 15.2. The van der Waals surface area contributed by atoms with Crippen LogP contribution in [-0.2, 0) is 14.1 Å². The summed E-state index contributed by atoms with van der Waals surface area (Å²) < 4.78 is 3.26. The Bertz CT molecular complexity index is 927. The van der Waals surface area contributed by atoms with Crippen molar-refractivity contribution < 1.29 is 14.7 Å². The fourth-order valence-corrected chi connectivity index (χ4v) is 3.96. The molecule has 1 saturated carbocycles. The number of carbonyl (C=O) groups excluding carboxylic acids is 1. The van der Waals surface area contributed by atoms with E-state index in [0.29, 0.717) is 23.8 Å². The van der Waals surface area contributed by atoms with Gasteiger partial charge in [0, 0.05) is 32.5 Å². The van der Waals surface area contributed by atoms with Crippen molar-refractivity contribution in [1.82, 2.24) is 19.8 Å². The number of pyridine rings is 1. The monoisotopic (exact) mass is 360 g/mol. The van der Waals surface area contributed by atoms with E-state index in [1.165, 1.54) is 4.57 Å². The van der Waals surface area contributed by atoms with Gasteiger partial charge in [0.25, 0.3) is 11.5 Å². The second kappa shape index (κ2) is 6.86. The van der Waals surface area contributed by atoms with E-state index >= 15 is 0 Å². The molecule has 140 valence electrons. The molecule has 3 N–H and O–H groups in total. The summed E-state index contributed by atoms with van der Waals surface area (Å²) in [7, 11) is 3.47. The van der Waals surface area contributed by atoms with Gasteiger partial charge < -0.3 is 24.9 Å². The predicted octanol–water partition coefficient (Wildman–Crippen LogP) is 1.49. The van der Waals surface area contributed by atoms with Crippen LogP contribution in [0, 0.1) is 6.92 Å². The normalized spacial score (nSPS) is 20.1. The summed E-state index contributed by atoms with van der Waals surface area (Å²) in [5, 5.41) is 14.8. The first kappa shape index (κ1) is 18.0. The topological polar surface area (TPSA) is 105 Å². The Hall–Kier alpha value is -2.77. The molecular weight excluding hydrogens is 336 g/mol. The smallest absolute Gasteiger partial charge is 0.404 e. The summed E-state index contributed by atoms with van der Waals surface area (Å²) in [6, 6.07) is -0.596. The summed E-state index contributed by atoms with van der Waals surface area (Å²) in [6.45, 7) is 1.90. The Kier molecular flexibility index (Phi) is 4.76. The quantitative estimate of drug-likeness (QED) is 0.771. The summed E-state index contributed by atoms with van der Waals surface area (Å²) in [5.41, 5.74) is 1.75. The highest BCUT2D eigenvalue weighted by Gasteiger charge is 2.29. The van der Waals surface area contributed by atoms with Crippen LogP contribution in [0.3, 0.4) is 0 Å². The van der Waals surface area contributed by atoms with Crippen LogP contribution in [-0.4, -0.2) is 38.3 Å². The fraction of sp³-hybridized carbons (Fsp3) is 0.500. The average molecular weight is 360 g/mol. The second-order valence-corrected chi connectivity index (χ2v) is 7.03. The number of aryl methyl sites for hydroxylation is 3. The molecule has 0 radical (unpaired) electrons. The molecule has 0 aromatic carbocycles. The molecule has 0 aliphatic heterocycles. The van der Waals surface area contributed by atoms with Gasteiger partial charge in [-0.05, 0) is 25.3 Å². The van der Waals surface area contributed by atoms with Gasteiger partial charge >= 0.3 is 6.09 Å². The highest BCUT2D eigenvalue weighted by molar-refractivity contribution is 6.07. The van der Waals surface area contributed by atoms with Gasteiger partial charge in [-0.25, -0.2) is 4.79 Å². The number of hydrogen-bond donors (Lipinski definition) is 3. The summed E-state index contributed by atoms with van der Waals surface area (Å²) >= 11 is 0. The summed E-state index contributed by atoms with van der Waals surface area (Å²) in [4.78, 5) is 36.5. The molecule has 2 aromatic heterocycles. The average Bonchev–Trinajstić information content (AvgIpc) is 2.92. The lowest BCUT2D eigenvalue weighted by molar-refractivity contribution is 0.0914. The lowest BCUT2D eigenvalue weighted by Crippen LogP contribution is -2.53. The molecular formula is C18H24N4O4. The molecule has 0 saturated heterocycles. The fourth-order valence-electron chi connectivity index (χ4n) is 3.96. The van der Waals surface area contributed by atoms with Gasteiger partial charge in [-0.3, -0.25) is 9.59 Å². The van der Waals surface area contributed by atoms with Crippen LogP contribution < -0.4 is 16.2 Å². The molecule has 8 heteroatoms. The van der Waals surface area contributed by atoms with Crippen molar-refractivity contribution in [3.63, 3.8) is 0 Å². The van der Waals surface area contributed by atoms with Gasteiger partial charge in [0.15, 0.2) is 0 Å². The molecule has 1 aliphatic rings. The SMILES string of the molecule is Cc1cn(C)c(=O)c2c(C(=O)NC3CCCCC3NC(=O)O)cn(C)c12. The largest absolute Gasteiger partial charge is 0.465 e. The third-order valence-corrected chi connectivity index (χ3v) is 5.11. The number of hydrogen-bond acceptors (Lipinski definition) is 3. The van der Waals surface area contributed by atoms with Crippen LogP contribution in [0.15, 0.2) is 17.2 Å². The third-order valence-electron chi connectivity index (χ3n) is 5.11. The summed E-state index contributed by atoms with van der Waals surface area (Å²) in [6.07, 6.45) is 5.57. The van der Waals surface area contributed by atoms with E-state index in [-0.39, 0.29) is 23.6 Å². The molecule has 0 spiro atoms. The molecule has 2 amide bonds. The molecule has 0 bridgehead atoms. The molecule has 1 aliphatic carbocycles. The van der Waals surface area contributed by atoms with Gasteiger partial charge in [-0.1, -0.05) is 12.8 Å². The standard InChI is InChI=1S/C18H24N4O4/c1-10-8-22(3)17(24)14-11(9-21(2)15(10)14)16(23)19-12-6-4-5-7-13(12)20-18(25)26/h8-9,12-13,20H,4-7H2,1-3H3,(H,19,23)(H,25,26). The highest BCUT2D eigenvalue weighted by atomic mass is 16.4. The van der Waals surface area contributed by atoms with Crippen LogP contribution in [0.25, 0.3) is 10.9 Å². The van der Waals surface area contributed by atoms with Crippen LogP contribution in [0.1, 0.15) is 41.6 Å². The highest BCUT2D eigenvalue weighted by Crippen LogP contribution is 2.23. The second-order valence-electron chi connectivity index (χ2n) is 7.03. The van der Waals surface area contributed by atoms with Gasteiger partial charge in [-0.15, -0.1) is 0 Å². The predicted molar refractivity (Wildman–Crippen MR) is 97.6 cm³/mol. The van der Waals surface area contributed by atoms with Crippen LogP contribution >= 0.6 is 0 Å². The Morgan fingerprint density at radius 2 is 1.69 bits per heavy atom. The minimum Gasteiger partial charge on any atom is -0.465 e. The first-order chi connectivity index (χ1) is 12.3. The molecule has 2 unspecified atom stereocenters. The molecule has 1 fully saturated rings. The van der Waals surface area contributed by atoms with Crippen LogP contribution in [0.2, 0.25) is 0 Å². The lowest BCUT2D eigenvalue weighted by atomic mass is 9.90. The number of nitrogens with one attached hydrogen (secondary N) is 2. The third kappa shape index (κ3) is 3.18. The van der Waals surface area contributed by atoms with E-state index in [4.69, 9.17) is 5.11 Å². The molecule has 26 heavy (non-hydrogen) atoms. The zero-order chi connectivity index (χ0) is 19.0. The van der Waals surface area contributed by atoms with Crippen molar-refractivity contribution in [2.45, 2.75) is 44.7 Å². The molecule has 2 atom stereocenters. The maximum atomic E-state index is 12.9. The first-order valence-corrected chi connectivity index (χ1v) is 8.75. The Labute approximate surface area is 150 Å². The molecule has 8 nitrogen and oxygen atoms in total. The van der Waals surface area contributed by atoms with Crippen molar-refractivity contribution in [2.24, 2.45) is 14.1 Å². The minimum atomic E-state index is -1.09. The van der Waals surface area contributed by atoms with Gasteiger partial charge in [0.1, 0.15) is 0 Å². The number of fused-ring (bicyclic) bond motifs is 1. The van der Waals surface area contributed by atoms with Crippen molar-refractivity contribution in [3.05, 3.63) is 33.9 Å². The van der Waals surface area contributed by atoms with Crippen molar-refractivity contribution in [2.75, 3.05) is 0 Å². The number of carbonyl (C=O) groups is 2. The minimum absolute atomic E-state index is 0.222. The number of amides is 2. The maximum absolute atomic E-state index is 12.9. The van der Waals surface area contributed by atoms with Gasteiger partial charge in [0.05, 0.1) is 22.5 Å². The Morgan fingerprint density at radius 3 is 2.31 bits per heavy atom. The lowest BCUT2D eigenvalue weighted by Gasteiger charge is -2.31. The van der Waals surface area contributed by atoms with Crippen molar-refractivity contribution in [1.29, 1.82) is 0 Å². The molecule has 2 heterocycles.